The number of carboxylic acids is 1. The first kappa shape index (κ1) is 19.5. The lowest BCUT2D eigenvalue weighted by Crippen LogP contribution is -2.28. The number of nitrogens with one attached hydrogen (secondary N) is 2. The number of carboxylic acid groups (broad SMARTS) is 1. The van der Waals surface area contributed by atoms with Crippen molar-refractivity contribution in [3.05, 3.63) is 47.2 Å². The highest BCUT2D eigenvalue weighted by Gasteiger charge is 2.08. The Morgan fingerprint density at radius 2 is 1.85 bits per heavy atom. The highest BCUT2D eigenvalue weighted by molar-refractivity contribution is 8.00. The second-order valence-corrected chi connectivity index (χ2v) is 6.45. The van der Waals surface area contributed by atoms with Crippen LogP contribution in [0.4, 0.5) is 5.82 Å². The van der Waals surface area contributed by atoms with E-state index in [0.717, 1.165) is 5.56 Å². The van der Waals surface area contributed by atoms with Crippen molar-refractivity contribution in [2.75, 3.05) is 23.4 Å². The first-order valence-electron chi connectivity index (χ1n) is 7.84. The molecule has 1 heterocycles. The van der Waals surface area contributed by atoms with Crippen LogP contribution in [0.15, 0.2) is 34.9 Å². The number of benzene rings is 1. The molecule has 9 heteroatoms. The van der Waals surface area contributed by atoms with Gasteiger partial charge in [0.25, 0.3) is 0 Å². The van der Waals surface area contributed by atoms with Crippen LogP contribution in [0.5, 0.6) is 0 Å². The molecule has 1 aromatic heterocycles. The Hall–Kier alpha value is -2.81. The fourth-order valence-corrected chi connectivity index (χ4v) is 2.70. The van der Waals surface area contributed by atoms with E-state index in [0.29, 0.717) is 24.5 Å². The van der Waals surface area contributed by atoms with Gasteiger partial charge in [-0.2, -0.15) is 0 Å². The van der Waals surface area contributed by atoms with E-state index >= 15 is 0 Å². The van der Waals surface area contributed by atoms with E-state index < -0.39 is 5.97 Å². The van der Waals surface area contributed by atoms with Gasteiger partial charge < -0.3 is 20.3 Å². The lowest BCUT2D eigenvalue weighted by molar-refractivity contribution is -0.118. The maximum atomic E-state index is 11.8. The van der Waals surface area contributed by atoms with Crippen molar-refractivity contribution in [3.63, 3.8) is 0 Å². The minimum atomic E-state index is -0.968. The van der Waals surface area contributed by atoms with Crippen molar-refractivity contribution in [3.8, 4) is 0 Å². The number of carbonyl (C=O) groups excluding carboxylic acids is 2. The van der Waals surface area contributed by atoms with E-state index in [4.69, 9.17) is 9.63 Å². The molecule has 2 aromatic rings. The van der Waals surface area contributed by atoms with Gasteiger partial charge in [-0.1, -0.05) is 17.3 Å². The number of aromatic carboxylic acids is 1. The Bertz CT molecular complexity index is 773. The third-order valence-electron chi connectivity index (χ3n) is 3.30. The zero-order valence-electron chi connectivity index (χ0n) is 14.2. The van der Waals surface area contributed by atoms with Crippen LogP contribution < -0.4 is 10.6 Å². The summed E-state index contributed by atoms with van der Waals surface area (Å²) in [6.07, 6.45) is 0.600. The molecule has 8 nitrogen and oxygen atoms in total. The molecular weight excluding hydrogens is 358 g/mol. The summed E-state index contributed by atoms with van der Waals surface area (Å²) >= 11 is 1.20. The first-order valence-corrected chi connectivity index (χ1v) is 8.99. The standard InChI is InChI=1S/C17H19N3O5S/c1-11-8-14(20-25-11)19-16(22)10-26-9-15(21)18-7-6-12-2-4-13(5-3-12)17(23)24/h2-5,8H,6-7,9-10H2,1H3,(H,18,21)(H,23,24)(H,19,20,22). The zero-order chi connectivity index (χ0) is 18.9. The highest BCUT2D eigenvalue weighted by Crippen LogP contribution is 2.08. The number of aromatic nitrogens is 1. The van der Waals surface area contributed by atoms with Crippen LogP contribution in [0.25, 0.3) is 0 Å². The second-order valence-electron chi connectivity index (χ2n) is 5.47. The summed E-state index contributed by atoms with van der Waals surface area (Å²) in [5.74, 6) is -0.128. The van der Waals surface area contributed by atoms with Crippen LogP contribution in [-0.4, -0.2) is 46.1 Å². The summed E-state index contributed by atoms with van der Waals surface area (Å²) < 4.78 is 4.84. The number of thioether (sulfide) groups is 1. The fraction of sp³-hybridized carbons (Fsp3) is 0.294. The van der Waals surface area contributed by atoms with Crippen molar-refractivity contribution < 1.29 is 24.0 Å². The molecule has 2 amide bonds. The summed E-state index contributed by atoms with van der Waals surface area (Å²) in [7, 11) is 0. The summed E-state index contributed by atoms with van der Waals surface area (Å²) in [6, 6.07) is 8.12. The van der Waals surface area contributed by atoms with Gasteiger partial charge in [-0.15, -0.1) is 11.8 Å². The predicted octanol–water partition coefficient (Wildman–Crippen LogP) is 1.71. The largest absolute Gasteiger partial charge is 0.478 e. The van der Waals surface area contributed by atoms with Gasteiger partial charge in [-0.25, -0.2) is 4.79 Å². The van der Waals surface area contributed by atoms with Gasteiger partial charge in [0.2, 0.25) is 11.8 Å². The van der Waals surface area contributed by atoms with E-state index in [-0.39, 0.29) is 28.9 Å². The Morgan fingerprint density at radius 3 is 2.46 bits per heavy atom. The monoisotopic (exact) mass is 377 g/mol. The maximum absolute atomic E-state index is 11.8. The summed E-state index contributed by atoms with van der Waals surface area (Å²) in [5.41, 5.74) is 1.17. The van der Waals surface area contributed by atoms with Crippen molar-refractivity contribution in [1.82, 2.24) is 10.5 Å². The molecule has 0 aliphatic heterocycles. The van der Waals surface area contributed by atoms with Crippen LogP contribution >= 0.6 is 11.8 Å². The van der Waals surface area contributed by atoms with E-state index in [1.807, 2.05) is 0 Å². The quantitative estimate of drug-likeness (QED) is 0.608. The average Bonchev–Trinajstić information content (AvgIpc) is 3.00. The van der Waals surface area contributed by atoms with Crippen molar-refractivity contribution in [2.45, 2.75) is 13.3 Å². The molecule has 2 rings (SSSR count). The third-order valence-corrected chi connectivity index (χ3v) is 4.23. The van der Waals surface area contributed by atoms with Crippen LogP contribution in [0.2, 0.25) is 0 Å². The minimum Gasteiger partial charge on any atom is -0.478 e. The topological polar surface area (TPSA) is 122 Å². The van der Waals surface area contributed by atoms with E-state index in [1.54, 1.807) is 25.1 Å². The molecular formula is C17H19N3O5S. The molecule has 0 spiro atoms. The van der Waals surface area contributed by atoms with Crippen LogP contribution in [-0.2, 0) is 16.0 Å². The molecule has 0 aliphatic rings. The van der Waals surface area contributed by atoms with Crippen molar-refractivity contribution in [2.24, 2.45) is 0 Å². The second kappa shape index (κ2) is 9.62. The van der Waals surface area contributed by atoms with Gasteiger partial charge in [0.05, 0.1) is 17.1 Å². The molecule has 0 radical (unpaired) electrons. The van der Waals surface area contributed by atoms with Crippen LogP contribution in [0.1, 0.15) is 21.7 Å². The summed E-state index contributed by atoms with van der Waals surface area (Å²) in [5, 5.41) is 17.8. The van der Waals surface area contributed by atoms with Gasteiger partial charge in [-0.3, -0.25) is 9.59 Å². The van der Waals surface area contributed by atoms with Gasteiger partial charge in [0, 0.05) is 12.6 Å². The van der Waals surface area contributed by atoms with E-state index in [1.165, 1.54) is 23.9 Å². The molecule has 0 saturated carbocycles. The number of amides is 2. The lowest BCUT2D eigenvalue weighted by Gasteiger charge is -2.06. The molecule has 0 atom stereocenters. The summed E-state index contributed by atoms with van der Waals surface area (Å²) in [6.45, 7) is 2.17. The number of carbonyl (C=O) groups is 3. The Balaban J connectivity index is 1.60. The molecule has 0 bridgehead atoms. The fourth-order valence-electron chi connectivity index (χ4n) is 2.05. The number of aryl methyl sites for hydroxylation is 1. The van der Waals surface area contributed by atoms with Gasteiger partial charge in [0.1, 0.15) is 5.76 Å². The Morgan fingerprint density at radius 1 is 1.15 bits per heavy atom. The highest BCUT2D eigenvalue weighted by atomic mass is 32.2. The predicted molar refractivity (Wildman–Crippen MR) is 97.3 cm³/mol. The smallest absolute Gasteiger partial charge is 0.335 e. The van der Waals surface area contributed by atoms with Crippen LogP contribution in [0, 0.1) is 6.92 Å². The van der Waals surface area contributed by atoms with E-state index in [9.17, 15) is 14.4 Å². The zero-order valence-corrected chi connectivity index (χ0v) is 15.0. The molecule has 138 valence electrons. The molecule has 0 aliphatic carbocycles. The van der Waals surface area contributed by atoms with E-state index in [2.05, 4.69) is 15.8 Å². The third kappa shape index (κ3) is 6.60. The molecule has 0 fully saturated rings. The van der Waals surface area contributed by atoms with Gasteiger partial charge in [0.15, 0.2) is 5.82 Å². The SMILES string of the molecule is Cc1cc(NC(=O)CSCC(=O)NCCc2ccc(C(=O)O)cc2)no1. The van der Waals surface area contributed by atoms with Gasteiger partial charge in [-0.05, 0) is 31.0 Å². The van der Waals surface area contributed by atoms with Gasteiger partial charge >= 0.3 is 5.97 Å². The van der Waals surface area contributed by atoms with Crippen LogP contribution in [0.3, 0.4) is 0 Å². The lowest BCUT2D eigenvalue weighted by atomic mass is 10.1. The average molecular weight is 377 g/mol. The number of rotatable bonds is 9. The number of hydrogen-bond donors (Lipinski definition) is 3. The Labute approximate surface area is 154 Å². The number of nitrogens with zero attached hydrogens (tertiary/aromatic N) is 1. The number of hydrogen-bond acceptors (Lipinski definition) is 6. The maximum Gasteiger partial charge on any atom is 0.335 e. The minimum absolute atomic E-state index is 0.135. The molecule has 0 saturated heterocycles. The van der Waals surface area contributed by atoms with Crippen molar-refractivity contribution in [1.29, 1.82) is 0 Å². The molecule has 26 heavy (non-hydrogen) atoms. The normalized spacial score (nSPS) is 10.3. The Kier molecular flexibility index (Phi) is 7.22. The van der Waals surface area contributed by atoms with Crippen molar-refractivity contribution >= 4 is 35.4 Å². The molecule has 0 unspecified atom stereocenters. The number of anilines is 1. The molecule has 1 aromatic carbocycles. The first-order chi connectivity index (χ1) is 12.4. The summed E-state index contributed by atoms with van der Waals surface area (Å²) in [4.78, 5) is 34.2. The molecule has 3 N–H and O–H groups in total.